The topological polar surface area (TPSA) is 95.5 Å². The van der Waals surface area contributed by atoms with Crippen LogP contribution in [0.1, 0.15) is 21.8 Å². The summed E-state index contributed by atoms with van der Waals surface area (Å²) in [5.41, 5.74) is 1.31. The molecule has 0 spiro atoms. The minimum atomic E-state index is -0.678. The van der Waals surface area contributed by atoms with E-state index >= 15 is 0 Å². The zero-order chi connectivity index (χ0) is 17.8. The predicted octanol–water partition coefficient (Wildman–Crippen LogP) is 3.92. The van der Waals surface area contributed by atoms with E-state index in [0.29, 0.717) is 11.3 Å². The van der Waals surface area contributed by atoms with Crippen molar-refractivity contribution in [3.8, 4) is 11.3 Å². The number of rotatable bonds is 5. The van der Waals surface area contributed by atoms with Gasteiger partial charge in [-0.25, -0.2) is 9.78 Å². The highest BCUT2D eigenvalue weighted by Crippen LogP contribution is 2.22. The second kappa shape index (κ2) is 6.96. The summed E-state index contributed by atoms with van der Waals surface area (Å²) in [5.74, 6) is 0.133. The van der Waals surface area contributed by atoms with Gasteiger partial charge in [0.25, 0.3) is 5.69 Å². The second-order valence-electron chi connectivity index (χ2n) is 5.32. The van der Waals surface area contributed by atoms with Gasteiger partial charge in [-0.15, -0.1) is 0 Å². The average molecular weight is 338 g/mol. The van der Waals surface area contributed by atoms with Crippen molar-refractivity contribution >= 4 is 11.7 Å². The number of oxazole rings is 1. The molecule has 0 unspecified atom stereocenters. The van der Waals surface area contributed by atoms with Gasteiger partial charge in [0.1, 0.15) is 0 Å². The van der Waals surface area contributed by atoms with Gasteiger partial charge in [0.05, 0.1) is 16.7 Å². The van der Waals surface area contributed by atoms with E-state index in [1.807, 2.05) is 30.3 Å². The number of nitrogens with zero attached hydrogens (tertiary/aromatic N) is 2. The molecule has 0 aliphatic heterocycles. The maximum absolute atomic E-state index is 12.1. The molecule has 0 atom stereocenters. The maximum Gasteiger partial charge on any atom is 0.338 e. The van der Waals surface area contributed by atoms with Crippen molar-refractivity contribution in [1.29, 1.82) is 0 Å². The summed E-state index contributed by atoms with van der Waals surface area (Å²) in [6, 6.07) is 13.6. The zero-order valence-electron chi connectivity index (χ0n) is 13.3. The quantitative estimate of drug-likeness (QED) is 0.397. The summed E-state index contributed by atoms with van der Waals surface area (Å²) in [6.07, 6.45) is 1.55. The Kier molecular flexibility index (Phi) is 4.56. The van der Waals surface area contributed by atoms with Crippen LogP contribution < -0.4 is 0 Å². The smallest absolute Gasteiger partial charge is 0.338 e. The van der Waals surface area contributed by atoms with E-state index in [4.69, 9.17) is 9.15 Å². The van der Waals surface area contributed by atoms with Gasteiger partial charge in [-0.2, -0.15) is 0 Å². The molecule has 1 aromatic heterocycles. The first-order valence-electron chi connectivity index (χ1n) is 7.47. The molecule has 0 N–H and O–H groups in total. The number of ether oxygens (including phenoxy) is 1. The molecular formula is C18H14N2O5. The van der Waals surface area contributed by atoms with Gasteiger partial charge < -0.3 is 9.15 Å². The number of carbonyl (C=O) groups is 1. The second-order valence-corrected chi connectivity index (χ2v) is 5.32. The van der Waals surface area contributed by atoms with Crippen LogP contribution in [0.2, 0.25) is 0 Å². The van der Waals surface area contributed by atoms with Crippen LogP contribution in [0.4, 0.5) is 5.69 Å². The number of nitro benzene ring substituents is 1. The number of aromatic nitrogens is 1. The Hall–Kier alpha value is -3.48. The van der Waals surface area contributed by atoms with Gasteiger partial charge in [-0.05, 0) is 13.0 Å². The Morgan fingerprint density at radius 1 is 1.24 bits per heavy atom. The fourth-order valence-corrected chi connectivity index (χ4v) is 2.26. The third-order valence-electron chi connectivity index (χ3n) is 3.58. The van der Waals surface area contributed by atoms with E-state index in [-0.39, 0.29) is 23.7 Å². The highest BCUT2D eigenvalue weighted by atomic mass is 16.6. The fourth-order valence-electron chi connectivity index (χ4n) is 2.26. The first-order chi connectivity index (χ1) is 12.0. The number of nitro groups is 1. The van der Waals surface area contributed by atoms with E-state index in [9.17, 15) is 14.9 Å². The van der Waals surface area contributed by atoms with Crippen LogP contribution in [0.5, 0.6) is 0 Å². The maximum atomic E-state index is 12.1. The standard InChI is InChI=1S/C18H14N2O5/c1-12-7-8-14(9-15(12)20(22)23)18(21)24-11-17-19-10-16(25-17)13-5-3-2-4-6-13/h2-10H,11H2,1H3. The summed E-state index contributed by atoms with van der Waals surface area (Å²) in [6.45, 7) is 1.44. The van der Waals surface area contributed by atoms with Crippen LogP contribution in [-0.4, -0.2) is 15.9 Å². The minimum Gasteiger partial charge on any atom is -0.452 e. The highest BCUT2D eigenvalue weighted by Gasteiger charge is 2.17. The molecule has 2 aromatic carbocycles. The van der Waals surface area contributed by atoms with E-state index < -0.39 is 10.9 Å². The normalized spacial score (nSPS) is 10.4. The Bertz CT molecular complexity index is 918. The number of carbonyl (C=O) groups excluding carboxylic acids is 1. The molecule has 0 saturated carbocycles. The lowest BCUT2D eigenvalue weighted by Crippen LogP contribution is -2.06. The van der Waals surface area contributed by atoms with Gasteiger partial charge in [-0.1, -0.05) is 36.4 Å². The van der Waals surface area contributed by atoms with Gasteiger partial charge in [0, 0.05) is 17.2 Å². The number of aryl methyl sites for hydroxylation is 1. The first-order valence-corrected chi connectivity index (χ1v) is 7.47. The average Bonchev–Trinajstić information content (AvgIpc) is 3.09. The van der Waals surface area contributed by atoms with Crippen LogP contribution in [0.3, 0.4) is 0 Å². The fraction of sp³-hybridized carbons (Fsp3) is 0.111. The molecule has 126 valence electrons. The van der Waals surface area contributed by atoms with Gasteiger partial charge in [-0.3, -0.25) is 10.1 Å². The molecule has 0 radical (unpaired) electrons. The number of hydrogen-bond acceptors (Lipinski definition) is 6. The van der Waals surface area contributed by atoms with Crippen molar-refractivity contribution in [3.05, 3.63) is 81.9 Å². The van der Waals surface area contributed by atoms with Gasteiger partial charge in [0.2, 0.25) is 5.89 Å². The molecule has 1 heterocycles. The van der Waals surface area contributed by atoms with Crippen LogP contribution in [0.15, 0.2) is 59.1 Å². The third kappa shape index (κ3) is 3.72. The van der Waals surface area contributed by atoms with E-state index in [1.54, 1.807) is 13.1 Å². The summed E-state index contributed by atoms with van der Waals surface area (Å²) >= 11 is 0. The van der Waals surface area contributed by atoms with E-state index in [2.05, 4.69) is 4.98 Å². The Labute approximate surface area is 143 Å². The Balaban J connectivity index is 1.68. The lowest BCUT2D eigenvalue weighted by Gasteiger charge is -2.03. The first kappa shape index (κ1) is 16.4. The predicted molar refractivity (Wildman–Crippen MR) is 88.9 cm³/mol. The molecule has 25 heavy (non-hydrogen) atoms. The molecule has 3 rings (SSSR count). The molecule has 0 saturated heterocycles. The molecule has 7 heteroatoms. The van der Waals surface area contributed by atoms with Crippen molar-refractivity contribution in [1.82, 2.24) is 4.98 Å². The molecule has 0 aliphatic rings. The van der Waals surface area contributed by atoms with Gasteiger partial charge >= 0.3 is 5.97 Å². The number of esters is 1. The minimum absolute atomic E-state index is 0.104. The summed E-state index contributed by atoms with van der Waals surface area (Å²) in [4.78, 5) is 26.5. The van der Waals surface area contributed by atoms with Crippen molar-refractivity contribution in [2.24, 2.45) is 0 Å². The summed E-state index contributed by atoms with van der Waals surface area (Å²) in [5, 5.41) is 10.9. The summed E-state index contributed by atoms with van der Waals surface area (Å²) in [7, 11) is 0. The lowest BCUT2D eigenvalue weighted by atomic mass is 10.1. The van der Waals surface area contributed by atoms with Crippen LogP contribution >= 0.6 is 0 Å². The number of hydrogen-bond donors (Lipinski definition) is 0. The zero-order valence-corrected chi connectivity index (χ0v) is 13.3. The largest absolute Gasteiger partial charge is 0.452 e. The van der Waals surface area contributed by atoms with Crippen molar-refractivity contribution < 1.29 is 18.9 Å². The third-order valence-corrected chi connectivity index (χ3v) is 3.58. The summed E-state index contributed by atoms with van der Waals surface area (Å²) < 4.78 is 10.7. The van der Waals surface area contributed by atoms with Crippen LogP contribution in [0, 0.1) is 17.0 Å². The number of benzene rings is 2. The molecule has 7 nitrogen and oxygen atoms in total. The van der Waals surface area contributed by atoms with Crippen molar-refractivity contribution in [3.63, 3.8) is 0 Å². The molecule has 0 amide bonds. The monoisotopic (exact) mass is 338 g/mol. The SMILES string of the molecule is Cc1ccc(C(=O)OCc2ncc(-c3ccccc3)o2)cc1[N+](=O)[O-]. The molecular weight excluding hydrogens is 324 g/mol. The highest BCUT2D eigenvalue weighted by molar-refractivity contribution is 5.90. The van der Waals surface area contributed by atoms with E-state index in [0.717, 1.165) is 5.56 Å². The Morgan fingerprint density at radius 3 is 2.72 bits per heavy atom. The lowest BCUT2D eigenvalue weighted by molar-refractivity contribution is -0.385. The molecule has 0 bridgehead atoms. The van der Waals surface area contributed by atoms with Gasteiger partial charge in [0.15, 0.2) is 12.4 Å². The van der Waals surface area contributed by atoms with Crippen molar-refractivity contribution in [2.75, 3.05) is 0 Å². The molecule has 3 aromatic rings. The molecule has 0 fully saturated rings. The Morgan fingerprint density at radius 2 is 2.00 bits per heavy atom. The van der Waals surface area contributed by atoms with E-state index in [1.165, 1.54) is 18.2 Å². The molecule has 0 aliphatic carbocycles. The van der Waals surface area contributed by atoms with Crippen LogP contribution in [0.25, 0.3) is 11.3 Å². The van der Waals surface area contributed by atoms with Crippen LogP contribution in [-0.2, 0) is 11.3 Å². The van der Waals surface area contributed by atoms with Crippen molar-refractivity contribution in [2.45, 2.75) is 13.5 Å².